The van der Waals surface area contributed by atoms with Crippen molar-refractivity contribution in [3.8, 4) is 22.3 Å². The second kappa shape index (κ2) is 11.2. The van der Waals surface area contributed by atoms with Crippen molar-refractivity contribution in [2.24, 2.45) is 11.5 Å². The first-order chi connectivity index (χ1) is 18.4. The minimum Gasteiger partial charge on any atom is -0.391 e. The first kappa shape index (κ1) is 26.3. The van der Waals surface area contributed by atoms with Crippen molar-refractivity contribution in [2.75, 3.05) is 0 Å². The molecule has 0 amide bonds. The first-order valence-corrected chi connectivity index (χ1v) is 13.7. The molecule has 0 unspecified atom stereocenters. The van der Waals surface area contributed by atoms with Crippen LogP contribution in [0.1, 0.15) is 49.7 Å². The Labute approximate surface area is 226 Å². The lowest BCUT2D eigenvalue weighted by atomic mass is 9.86. The van der Waals surface area contributed by atoms with E-state index in [1.807, 2.05) is 48.5 Å². The van der Waals surface area contributed by atoms with Crippen molar-refractivity contribution in [3.05, 3.63) is 120 Å². The summed E-state index contributed by atoms with van der Waals surface area (Å²) < 4.78 is 0. The number of hydrogen-bond donors (Lipinski definition) is 4. The molecule has 0 heterocycles. The van der Waals surface area contributed by atoms with E-state index in [1.165, 1.54) is 22.3 Å². The van der Waals surface area contributed by atoms with Crippen LogP contribution in [0.2, 0.25) is 0 Å². The summed E-state index contributed by atoms with van der Waals surface area (Å²) in [5, 5.41) is 20.7. The van der Waals surface area contributed by atoms with Gasteiger partial charge in [-0.05, 0) is 71.9 Å². The van der Waals surface area contributed by atoms with Crippen LogP contribution >= 0.6 is 0 Å². The Morgan fingerprint density at radius 2 is 1.03 bits per heavy atom. The zero-order valence-corrected chi connectivity index (χ0v) is 21.8. The molecule has 2 saturated carbocycles. The van der Waals surface area contributed by atoms with Crippen molar-refractivity contribution in [1.82, 2.24) is 0 Å². The van der Waals surface area contributed by atoms with Crippen molar-refractivity contribution in [1.29, 1.82) is 0 Å². The SMILES string of the molecule is N[C@H]1CCC[C@]1(O)c1ccc(-c2ccccc2)cc1.N[C@]1(c2ccc(-c3ccccc3)cc2)CCC[C@@H]1O. The van der Waals surface area contributed by atoms with Crippen LogP contribution in [0.4, 0.5) is 0 Å². The van der Waals surface area contributed by atoms with Crippen LogP contribution < -0.4 is 11.5 Å². The molecular weight excluding hydrogens is 468 g/mol. The Bertz CT molecular complexity index is 1200. The molecular formula is C34H38N2O2. The maximum atomic E-state index is 10.7. The first-order valence-electron chi connectivity index (χ1n) is 13.7. The highest BCUT2D eigenvalue weighted by Gasteiger charge is 2.40. The summed E-state index contributed by atoms with van der Waals surface area (Å²) in [4.78, 5) is 0. The van der Waals surface area contributed by atoms with Crippen molar-refractivity contribution < 1.29 is 10.2 Å². The molecule has 6 N–H and O–H groups in total. The standard InChI is InChI=1S/2C17H19NO/c18-17(12-4-7-16(17)19)15-10-8-14(9-11-15)13-5-2-1-3-6-13;18-16-7-4-12-17(16,19)15-10-8-14(9-11-15)13-5-2-1-3-6-13/h2*1-3,5-6,8-11,16,19H,4,7,12,18H2/t2*16-,17-/m00/s1. The summed E-state index contributed by atoms with van der Waals surface area (Å²) in [6.07, 6.45) is 4.90. The van der Waals surface area contributed by atoms with Gasteiger partial charge in [0.15, 0.2) is 0 Å². The highest BCUT2D eigenvalue weighted by atomic mass is 16.3. The van der Waals surface area contributed by atoms with Gasteiger partial charge in [0.25, 0.3) is 0 Å². The van der Waals surface area contributed by atoms with Crippen LogP contribution in [0.25, 0.3) is 22.3 Å². The van der Waals surface area contributed by atoms with E-state index in [4.69, 9.17) is 11.5 Å². The van der Waals surface area contributed by atoms with Gasteiger partial charge in [0, 0.05) is 6.04 Å². The van der Waals surface area contributed by atoms with Gasteiger partial charge in [-0.2, -0.15) is 0 Å². The van der Waals surface area contributed by atoms with Gasteiger partial charge in [0.2, 0.25) is 0 Å². The van der Waals surface area contributed by atoms with Crippen LogP contribution in [0.15, 0.2) is 109 Å². The summed E-state index contributed by atoms with van der Waals surface area (Å²) >= 11 is 0. The Morgan fingerprint density at radius 3 is 1.45 bits per heavy atom. The topological polar surface area (TPSA) is 92.5 Å². The molecule has 2 aliphatic carbocycles. The number of nitrogens with two attached hydrogens (primary N) is 2. The third-order valence-electron chi connectivity index (χ3n) is 8.37. The largest absolute Gasteiger partial charge is 0.391 e. The zero-order valence-electron chi connectivity index (χ0n) is 21.8. The Hall–Kier alpha value is -3.28. The summed E-state index contributed by atoms with van der Waals surface area (Å²) in [5.74, 6) is 0. The van der Waals surface area contributed by atoms with Crippen LogP contribution in [0, 0.1) is 0 Å². The molecule has 2 aliphatic rings. The predicted octanol–water partition coefficient (Wildman–Crippen LogP) is 6.10. The average Bonchev–Trinajstić information content (AvgIpc) is 3.51. The minimum absolute atomic E-state index is 0.143. The molecule has 4 atom stereocenters. The van der Waals surface area contributed by atoms with Crippen molar-refractivity contribution >= 4 is 0 Å². The second-order valence-electron chi connectivity index (χ2n) is 10.8. The fourth-order valence-corrected chi connectivity index (χ4v) is 5.91. The van der Waals surface area contributed by atoms with Crippen LogP contribution in [0.3, 0.4) is 0 Å². The quantitative estimate of drug-likeness (QED) is 0.269. The molecule has 2 fully saturated rings. The smallest absolute Gasteiger partial charge is 0.105 e. The fraction of sp³-hybridized carbons (Fsp3) is 0.294. The molecule has 4 nitrogen and oxygen atoms in total. The highest BCUT2D eigenvalue weighted by molar-refractivity contribution is 5.64. The summed E-state index contributed by atoms with van der Waals surface area (Å²) in [5.41, 5.74) is 17.7. The van der Waals surface area contributed by atoms with E-state index in [0.29, 0.717) is 0 Å². The monoisotopic (exact) mass is 506 g/mol. The normalized spacial score (nSPS) is 26.5. The average molecular weight is 507 g/mol. The maximum Gasteiger partial charge on any atom is 0.105 e. The third-order valence-corrected chi connectivity index (χ3v) is 8.37. The lowest BCUT2D eigenvalue weighted by Gasteiger charge is -2.28. The Balaban J connectivity index is 0.000000155. The molecule has 0 bridgehead atoms. The minimum atomic E-state index is -0.838. The van der Waals surface area contributed by atoms with Gasteiger partial charge in [0.05, 0.1) is 11.6 Å². The van der Waals surface area contributed by atoms with Crippen LogP contribution in [-0.2, 0) is 11.1 Å². The third kappa shape index (κ3) is 5.31. The van der Waals surface area contributed by atoms with E-state index >= 15 is 0 Å². The number of aliphatic hydroxyl groups is 2. The molecule has 0 aliphatic heterocycles. The van der Waals surface area contributed by atoms with Gasteiger partial charge in [-0.1, -0.05) is 109 Å². The van der Waals surface area contributed by atoms with Gasteiger partial charge < -0.3 is 21.7 Å². The molecule has 6 rings (SSSR count). The van der Waals surface area contributed by atoms with Gasteiger partial charge in [0.1, 0.15) is 5.60 Å². The van der Waals surface area contributed by atoms with E-state index in [9.17, 15) is 10.2 Å². The molecule has 196 valence electrons. The maximum absolute atomic E-state index is 10.7. The molecule has 4 aromatic rings. The second-order valence-corrected chi connectivity index (χ2v) is 10.8. The molecule has 0 radical (unpaired) electrons. The van der Waals surface area contributed by atoms with E-state index in [0.717, 1.165) is 49.7 Å². The predicted molar refractivity (Wildman–Crippen MR) is 155 cm³/mol. The van der Waals surface area contributed by atoms with Crippen LogP contribution in [-0.4, -0.2) is 22.4 Å². The number of aliphatic hydroxyl groups excluding tert-OH is 1. The zero-order chi connectivity index (χ0) is 26.6. The van der Waals surface area contributed by atoms with Gasteiger partial charge in [-0.25, -0.2) is 0 Å². The van der Waals surface area contributed by atoms with Crippen molar-refractivity contribution in [3.63, 3.8) is 0 Å². The van der Waals surface area contributed by atoms with Crippen LogP contribution in [0.5, 0.6) is 0 Å². The lowest BCUT2D eigenvalue weighted by Crippen LogP contribution is -2.43. The lowest BCUT2D eigenvalue weighted by molar-refractivity contribution is 0.0282. The molecule has 38 heavy (non-hydrogen) atoms. The summed E-state index contributed by atoms with van der Waals surface area (Å²) in [6.45, 7) is 0. The molecule has 0 saturated heterocycles. The fourth-order valence-electron chi connectivity index (χ4n) is 5.91. The number of hydrogen-bond acceptors (Lipinski definition) is 4. The molecule has 0 spiro atoms. The van der Waals surface area contributed by atoms with E-state index in [1.54, 1.807) is 0 Å². The molecule has 0 aromatic heterocycles. The summed E-state index contributed by atoms with van der Waals surface area (Å²) in [7, 11) is 0. The van der Waals surface area contributed by atoms with Crippen molar-refractivity contribution in [2.45, 2.75) is 61.8 Å². The Kier molecular flexibility index (Phi) is 7.78. The van der Waals surface area contributed by atoms with Gasteiger partial charge in [-0.3, -0.25) is 0 Å². The molecule has 4 heteroatoms. The number of rotatable bonds is 4. The van der Waals surface area contributed by atoms with E-state index < -0.39 is 17.2 Å². The summed E-state index contributed by atoms with van der Waals surface area (Å²) in [6, 6.07) is 36.8. The Morgan fingerprint density at radius 1 is 0.579 bits per heavy atom. The highest BCUT2D eigenvalue weighted by Crippen LogP contribution is 2.39. The molecule has 4 aromatic carbocycles. The van der Waals surface area contributed by atoms with Gasteiger partial charge in [-0.15, -0.1) is 0 Å². The van der Waals surface area contributed by atoms with E-state index in [2.05, 4.69) is 60.7 Å². The number of benzene rings is 4. The van der Waals surface area contributed by atoms with E-state index in [-0.39, 0.29) is 6.04 Å². The van der Waals surface area contributed by atoms with Gasteiger partial charge >= 0.3 is 0 Å².